The standard InChI is InChI=1S/C23H24N8O6S/c1-11-7-8-17(29-28-11)26-18-9-15(19(31-30-18)21(33)27-23(34,35)36)25-14-6-4-5-13(20(14)37-3)22-24-10-16(38-22)12(2)32/h4-10,12,32,34-36H,1-3H3,(H,27,33)(H2,25,26,29,30). The molecular formula is C23H24N8O6S. The number of hydrogen-bond donors (Lipinski definition) is 7. The Labute approximate surface area is 220 Å². The van der Waals surface area contributed by atoms with Gasteiger partial charge >= 0.3 is 6.10 Å². The minimum Gasteiger partial charge on any atom is -0.494 e. The highest BCUT2D eigenvalue weighted by molar-refractivity contribution is 7.15. The number of anilines is 4. The summed E-state index contributed by atoms with van der Waals surface area (Å²) in [6, 6.07) is 10.0. The molecule has 15 heteroatoms. The molecule has 0 aliphatic heterocycles. The number of aliphatic hydroxyl groups is 4. The van der Waals surface area contributed by atoms with Crippen LogP contribution in [0.4, 0.5) is 23.0 Å². The first-order valence-electron chi connectivity index (χ1n) is 11.1. The Bertz CT molecular complexity index is 1440. The first-order chi connectivity index (χ1) is 18.0. The summed E-state index contributed by atoms with van der Waals surface area (Å²) >= 11 is 1.30. The topological polar surface area (TPSA) is 208 Å². The van der Waals surface area contributed by atoms with Gasteiger partial charge in [0.2, 0.25) is 0 Å². The molecule has 4 aromatic rings. The zero-order valence-corrected chi connectivity index (χ0v) is 21.2. The molecule has 0 saturated heterocycles. The van der Waals surface area contributed by atoms with E-state index in [1.54, 1.807) is 55.7 Å². The van der Waals surface area contributed by atoms with Crippen LogP contribution in [0.15, 0.2) is 42.6 Å². The van der Waals surface area contributed by atoms with Crippen molar-refractivity contribution in [3.8, 4) is 16.3 Å². The van der Waals surface area contributed by atoms with Crippen molar-refractivity contribution in [2.75, 3.05) is 17.7 Å². The third-order valence-corrected chi connectivity index (χ3v) is 6.20. The molecule has 3 aromatic heterocycles. The van der Waals surface area contributed by atoms with E-state index < -0.39 is 18.1 Å². The van der Waals surface area contributed by atoms with Gasteiger partial charge in [0.25, 0.3) is 5.91 Å². The second kappa shape index (κ2) is 11.0. The van der Waals surface area contributed by atoms with Gasteiger partial charge in [-0.25, -0.2) is 4.98 Å². The van der Waals surface area contributed by atoms with Crippen molar-refractivity contribution < 1.29 is 30.0 Å². The van der Waals surface area contributed by atoms with E-state index in [1.807, 2.05) is 0 Å². The SMILES string of the molecule is COc1c(Nc2cc(Nc3ccc(C)nn3)nnc2C(=O)NC(O)(O)O)cccc1-c1ncc(C(C)O)s1. The molecule has 1 unspecified atom stereocenters. The number of benzene rings is 1. The van der Waals surface area contributed by atoms with E-state index in [4.69, 9.17) is 4.74 Å². The van der Waals surface area contributed by atoms with Gasteiger partial charge in [-0.05, 0) is 38.1 Å². The van der Waals surface area contributed by atoms with E-state index in [0.717, 1.165) is 0 Å². The van der Waals surface area contributed by atoms with Gasteiger partial charge in [0.1, 0.15) is 5.01 Å². The van der Waals surface area contributed by atoms with Crippen LogP contribution in [-0.2, 0) is 0 Å². The summed E-state index contributed by atoms with van der Waals surface area (Å²) in [5.74, 6) is -0.208. The van der Waals surface area contributed by atoms with Gasteiger partial charge in [-0.2, -0.15) is 5.10 Å². The van der Waals surface area contributed by atoms with Gasteiger partial charge in [0.05, 0.1) is 40.7 Å². The van der Waals surface area contributed by atoms with Crippen molar-refractivity contribution in [2.45, 2.75) is 26.0 Å². The maximum atomic E-state index is 12.6. The molecular weight excluding hydrogens is 516 g/mol. The summed E-state index contributed by atoms with van der Waals surface area (Å²) in [6.45, 7) is 3.43. The molecule has 0 aliphatic rings. The lowest BCUT2D eigenvalue weighted by Crippen LogP contribution is -2.48. The summed E-state index contributed by atoms with van der Waals surface area (Å²) in [6.07, 6.45) is -2.58. The van der Waals surface area contributed by atoms with Crippen molar-refractivity contribution in [1.82, 2.24) is 30.7 Å². The number of rotatable bonds is 9. The summed E-state index contributed by atoms with van der Waals surface area (Å²) in [5.41, 5.74) is 1.44. The molecule has 0 bridgehead atoms. The van der Waals surface area contributed by atoms with Crippen LogP contribution < -0.4 is 20.7 Å². The number of methoxy groups -OCH3 is 1. The number of para-hydroxylation sites is 1. The fourth-order valence-corrected chi connectivity index (χ4v) is 4.17. The summed E-state index contributed by atoms with van der Waals surface area (Å²) in [5, 5.41) is 61.5. The van der Waals surface area contributed by atoms with Crippen LogP contribution >= 0.6 is 11.3 Å². The number of aliphatic hydroxyl groups excluding tert-OH is 1. The van der Waals surface area contributed by atoms with Gasteiger partial charge in [0.15, 0.2) is 23.1 Å². The minimum absolute atomic E-state index is 0.0728. The number of aromatic nitrogens is 5. The summed E-state index contributed by atoms with van der Waals surface area (Å²) < 4.78 is 5.64. The number of nitrogens with one attached hydrogen (secondary N) is 3. The molecule has 4 rings (SSSR count). The lowest BCUT2D eigenvalue weighted by molar-refractivity contribution is -0.323. The molecule has 38 heavy (non-hydrogen) atoms. The highest BCUT2D eigenvalue weighted by Crippen LogP contribution is 2.40. The quantitative estimate of drug-likeness (QED) is 0.151. The number of amides is 1. The Balaban J connectivity index is 1.74. The van der Waals surface area contributed by atoms with Crippen molar-refractivity contribution in [3.63, 3.8) is 0 Å². The summed E-state index contributed by atoms with van der Waals surface area (Å²) in [4.78, 5) is 17.7. The normalized spacial score (nSPS) is 12.1. The Morgan fingerprint density at radius 3 is 2.42 bits per heavy atom. The summed E-state index contributed by atoms with van der Waals surface area (Å²) in [7, 11) is 1.46. The number of carbonyl (C=O) groups is 1. The van der Waals surface area contributed by atoms with Gasteiger partial charge in [0, 0.05) is 12.3 Å². The van der Waals surface area contributed by atoms with Gasteiger partial charge in [-0.1, -0.05) is 6.07 Å². The second-order valence-electron chi connectivity index (χ2n) is 8.02. The molecule has 3 heterocycles. The zero-order valence-electron chi connectivity index (χ0n) is 20.4. The van der Waals surface area contributed by atoms with Crippen LogP contribution in [0.3, 0.4) is 0 Å². The lowest BCUT2D eigenvalue weighted by atomic mass is 10.1. The molecule has 1 amide bonds. The van der Waals surface area contributed by atoms with E-state index in [-0.39, 0.29) is 17.2 Å². The van der Waals surface area contributed by atoms with Crippen LogP contribution in [0.25, 0.3) is 10.6 Å². The van der Waals surface area contributed by atoms with Crippen LogP contribution in [0, 0.1) is 6.92 Å². The maximum absolute atomic E-state index is 12.6. The van der Waals surface area contributed by atoms with Crippen molar-refractivity contribution in [1.29, 1.82) is 0 Å². The van der Waals surface area contributed by atoms with Crippen LogP contribution in [0.2, 0.25) is 0 Å². The van der Waals surface area contributed by atoms with Gasteiger partial charge < -0.3 is 35.8 Å². The van der Waals surface area contributed by atoms with E-state index in [2.05, 4.69) is 36.0 Å². The molecule has 0 aliphatic carbocycles. The highest BCUT2D eigenvalue weighted by Gasteiger charge is 2.26. The van der Waals surface area contributed by atoms with Crippen molar-refractivity contribution >= 4 is 40.3 Å². The third kappa shape index (κ3) is 6.34. The predicted octanol–water partition coefficient (Wildman–Crippen LogP) is 1.57. The fraction of sp³-hybridized carbons (Fsp3) is 0.217. The molecule has 0 spiro atoms. The molecule has 14 nitrogen and oxygen atoms in total. The predicted molar refractivity (Wildman–Crippen MR) is 137 cm³/mol. The molecule has 0 radical (unpaired) electrons. The molecule has 0 fully saturated rings. The molecule has 1 aromatic carbocycles. The van der Waals surface area contributed by atoms with E-state index in [0.29, 0.717) is 38.4 Å². The Morgan fingerprint density at radius 2 is 1.79 bits per heavy atom. The Hall–Kier alpha value is -4.28. The fourth-order valence-electron chi connectivity index (χ4n) is 3.30. The van der Waals surface area contributed by atoms with E-state index in [9.17, 15) is 25.2 Å². The lowest BCUT2D eigenvalue weighted by Gasteiger charge is -2.18. The second-order valence-corrected chi connectivity index (χ2v) is 9.08. The number of thiazole rings is 1. The zero-order chi connectivity index (χ0) is 27.4. The molecule has 0 saturated carbocycles. The van der Waals surface area contributed by atoms with Crippen molar-refractivity contribution in [2.24, 2.45) is 0 Å². The maximum Gasteiger partial charge on any atom is 0.369 e. The van der Waals surface area contributed by atoms with Crippen LogP contribution in [-0.4, -0.2) is 64.9 Å². The highest BCUT2D eigenvalue weighted by atomic mass is 32.1. The van der Waals surface area contributed by atoms with E-state index in [1.165, 1.54) is 24.5 Å². The van der Waals surface area contributed by atoms with Gasteiger partial charge in [-0.3, -0.25) is 10.1 Å². The number of aryl methyl sites for hydroxylation is 1. The van der Waals surface area contributed by atoms with E-state index >= 15 is 0 Å². The molecule has 7 N–H and O–H groups in total. The Morgan fingerprint density at radius 1 is 1.03 bits per heavy atom. The average molecular weight is 541 g/mol. The van der Waals surface area contributed by atoms with Crippen LogP contribution in [0.5, 0.6) is 5.75 Å². The minimum atomic E-state index is -3.48. The number of hydrogen-bond acceptors (Lipinski definition) is 14. The van der Waals surface area contributed by atoms with Crippen molar-refractivity contribution in [3.05, 3.63) is 58.9 Å². The number of nitrogens with zero attached hydrogens (tertiary/aromatic N) is 5. The number of ether oxygens (including phenoxy) is 1. The first kappa shape index (κ1) is 26.8. The Kier molecular flexibility index (Phi) is 7.75. The van der Waals surface area contributed by atoms with Gasteiger partial charge in [-0.15, -0.1) is 26.6 Å². The molecule has 1 atom stereocenters. The largest absolute Gasteiger partial charge is 0.494 e. The number of carbonyl (C=O) groups excluding carboxylic acids is 1. The molecule has 198 valence electrons. The third-order valence-electron chi connectivity index (χ3n) is 5.00. The average Bonchev–Trinajstić information content (AvgIpc) is 3.35. The smallest absolute Gasteiger partial charge is 0.369 e. The monoisotopic (exact) mass is 540 g/mol. The first-order valence-corrected chi connectivity index (χ1v) is 11.9. The van der Waals surface area contributed by atoms with Crippen LogP contribution in [0.1, 0.15) is 34.1 Å².